The van der Waals surface area contributed by atoms with Crippen LogP contribution < -0.4 is 5.73 Å². The molecule has 1 fully saturated rings. The normalized spacial score (nSPS) is 22.5. The van der Waals surface area contributed by atoms with Gasteiger partial charge in [-0.05, 0) is 18.4 Å². The van der Waals surface area contributed by atoms with Crippen LogP contribution in [0.15, 0.2) is 30.3 Å². The first-order valence-corrected chi connectivity index (χ1v) is 7.63. The van der Waals surface area contributed by atoms with E-state index in [1.807, 2.05) is 18.2 Å². The number of aliphatic hydroxyl groups is 1. The van der Waals surface area contributed by atoms with Gasteiger partial charge in [0.15, 0.2) is 0 Å². The molecular weight excluding hydrogens is 234 g/mol. The van der Waals surface area contributed by atoms with Crippen LogP contribution in [0.1, 0.15) is 56.9 Å². The third-order valence-corrected chi connectivity index (χ3v) is 4.93. The molecule has 1 aliphatic carbocycles. The van der Waals surface area contributed by atoms with Gasteiger partial charge in [0.05, 0.1) is 6.10 Å². The Morgan fingerprint density at radius 3 is 2.21 bits per heavy atom. The molecule has 0 radical (unpaired) electrons. The van der Waals surface area contributed by atoms with E-state index in [9.17, 15) is 5.11 Å². The van der Waals surface area contributed by atoms with Gasteiger partial charge in [-0.2, -0.15) is 0 Å². The molecule has 2 nitrogen and oxygen atoms in total. The Kier molecular flexibility index (Phi) is 5.00. The van der Waals surface area contributed by atoms with E-state index < -0.39 is 0 Å². The van der Waals surface area contributed by atoms with Gasteiger partial charge in [0.2, 0.25) is 0 Å². The van der Waals surface area contributed by atoms with Crippen LogP contribution in [0.25, 0.3) is 0 Å². The number of rotatable bonds is 4. The molecule has 0 bridgehead atoms. The van der Waals surface area contributed by atoms with E-state index in [2.05, 4.69) is 19.1 Å². The monoisotopic (exact) mass is 261 g/mol. The summed E-state index contributed by atoms with van der Waals surface area (Å²) < 4.78 is 0. The van der Waals surface area contributed by atoms with Crippen molar-refractivity contribution in [2.45, 2.75) is 57.5 Å². The third kappa shape index (κ3) is 3.18. The van der Waals surface area contributed by atoms with Gasteiger partial charge in [0.25, 0.3) is 0 Å². The van der Waals surface area contributed by atoms with Crippen LogP contribution in [-0.4, -0.2) is 17.8 Å². The van der Waals surface area contributed by atoms with Gasteiger partial charge in [0.1, 0.15) is 0 Å². The summed E-state index contributed by atoms with van der Waals surface area (Å²) in [5.74, 6) is 0.155. The van der Waals surface area contributed by atoms with Crippen molar-refractivity contribution >= 4 is 0 Å². The lowest BCUT2D eigenvalue weighted by Crippen LogP contribution is -2.44. The highest BCUT2D eigenvalue weighted by Crippen LogP contribution is 2.42. The topological polar surface area (TPSA) is 46.2 Å². The summed E-state index contributed by atoms with van der Waals surface area (Å²) >= 11 is 0. The van der Waals surface area contributed by atoms with E-state index in [1.165, 1.54) is 31.2 Å². The molecule has 2 heteroatoms. The molecular formula is C17H27NO. The fraction of sp³-hybridized carbons (Fsp3) is 0.647. The van der Waals surface area contributed by atoms with E-state index in [0.717, 1.165) is 12.8 Å². The van der Waals surface area contributed by atoms with Crippen molar-refractivity contribution < 1.29 is 5.11 Å². The highest BCUT2D eigenvalue weighted by Gasteiger charge is 2.39. The van der Waals surface area contributed by atoms with Crippen molar-refractivity contribution in [2.75, 3.05) is 6.54 Å². The van der Waals surface area contributed by atoms with E-state index in [-0.39, 0.29) is 17.4 Å². The standard InChI is InChI=1S/C17H27NO/c1-14(15-9-5-4-6-10-15)16(19)17(13-18)11-7-2-3-8-12-17/h4-6,9-10,14,16,19H,2-3,7-8,11-13,18H2,1H3. The summed E-state index contributed by atoms with van der Waals surface area (Å²) in [7, 11) is 0. The van der Waals surface area contributed by atoms with Gasteiger partial charge in [-0.3, -0.25) is 0 Å². The molecule has 0 heterocycles. The van der Waals surface area contributed by atoms with Crippen molar-refractivity contribution in [3.8, 4) is 0 Å². The fourth-order valence-corrected chi connectivity index (χ4v) is 3.52. The summed E-state index contributed by atoms with van der Waals surface area (Å²) in [6, 6.07) is 10.3. The van der Waals surface area contributed by atoms with Crippen LogP contribution in [-0.2, 0) is 0 Å². The molecule has 2 unspecified atom stereocenters. The first kappa shape index (κ1) is 14.5. The maximum absolute atomic E-state index is 10.9. The van der Waals surface area contributed by atoms with Gasteiger partial charge in [0, 0.05) is 17.9 Å². The Morgan fingerprint density at radius 2 is 1.68 bits per heavy atom. The lowest BCUT2D eigenvalue weighted by atomic mass is 9.70. The highest BCUT2D eigenvalue weighted by atomic mass is 16.3. The Bertz CT molecular complexity index is 368. The predicted octanol–water partition coefficient (Wildman–Crippen LogP) is 3.45. The van der Waals surface area contributed by atoms with Crippen LogP contribution in [0.5, 0.6) is 0 Å². The average molecular weight is 261 g/mol. The van der Waals surface area contributed by atoms with Crippen molar-refractivity contribution in [1.82, 2.24) is 0 Å². The van der Waals surface area contributed by atoms with E-state index in [4.69, 9.17) is 5.73 Å². The maximum atomic E-state index is 10.9. The summed E-state index contributed by atoms with van der Waals surface area (Å²) in [5.41, 5.74) is 7.20. The second-order valence-corrected chi connectivity index (χ2v) is 6.12. The Morgan fingerprint density at radius 1 is 1.11 bits per heavy atom. The van der Waals surface area contributed by atoms with Crippen molar-refractivity contribution in [3.05, 3.63) is 35.9 Å². The van der Waals surface area contributed by atoms with Gasteiger partial charge >= 0.3 is 0 Å². The second kappa shape index (κ2) is 6.53. The summed E-state index contributed by atoms with van der Waals surface area (Å²) in [4.78, 5) is 0. The quantitative estimate of drug-likeness (QED) is 0.815. The van der Waals surface area contributed by atoms with Crippen molar-refractivity contribution in [1.29, 1.82) is 0 Å². The minimum atomic E-state index is -0.335. The highest BCUT2D eigenvalue weighted by molar-refractivity contribution is 5.21. The molecule has 0 spiro atoms. The second-order valence-electron chi connectivity index (χ2n) is 6.12. The number of hydrogen-bond acceptors (Lipinski definition) is 2. The molecule has 0 aliphatic heterocycles. The van der Waals surface area contributed by atoms with Crippen LogP contribution >= 0.6 is 0 Å². The van der Waals surface area contributed by atoms with Crippen LogP contribution in [0, 0.1) is 5.41 Å². The molecule has 106 valence electrons. The molecule has 0 aromatic heterocycles. The SMILES string of the molecule is CC(c1ccccc1)C(O)C1(CN)CCCCCC1. The predicted molar refractivity (Wildman–Crippen MR) is 80.1 cm³/mol. The lowest BCUT2D eigenvalue weighted by Gasteiger charge is -2.39. The lowest BCUT2D eigenvalue weighted by molar-refractivity contribution is 0.00193. The zero-order valence-electron chi connectivity index (χ0n) is 12.0. The van der Waals surface area contributed by atoms with Gasteiger partial charge in [-0.1, -0.05) is 62.9 Å². The largest absolute Gasteiger partial charge is 0.392 e. The maximum Gasteiger partial charge on any atom is 0.0674 e. The molecule has 1 aromatic carbocycles. The molecule has 1 aromatic rings. The van der Waals surface area contributed by atoms with Crippen molar-refractivity contribution in [3.63, 3.8) is 0 Å². The molecule has 1 aliphatic rings. The molecule has 2 rings (SSSR count). The molecule has 0 saturated heterocycles. The summed E-state index contributed by atoms with van der Waals surface area (Å²) in [5, 5.41) is 10.9. The number of hydrogen-bond donors (Lipinski definition) is 2. The van der Waals surface area contributed by atoms with E-state index >= 15 is 0 Å². The van der Waals surface area contributed by atoms with Crippen LogP contribution in [0.4, 0.5) is 0 Å². The zero-order valence-corrected chi connectivity index (χ0v) is 12.0. The molecule has 3 N–H and O–H groups in total. The van der Waals surface area contributed by atoms with Gasteiger partial charge in [-0.25, -0.2) is 0 Å². The summed E-state index contributed by atoms with van der Waals surface area (Å²) in [6.45, 7) is 2.73. The molecule has 0 amide bonds. The van der Waals surface area contributed by atoms with E-state index in [0.29, 0.717) is 6.54 Å². The minimum absolute atomic E-state index is 0.0776. The molecule has 2 atom stereocenters. The number of aliphatic hydroxyl groups excluding tert-OH is 1. The zero-order chi connectivity index (χ0) is 13.7. The fourth-order valence-electron chi connectivity index (χ4n) is 3.52. The van der Waals surface area contributed by atoms with Gasteiger partial charge < -0.3 is 10.8 Å². The Labute approximate surface area is 117 Å². The first-order valence-electron chi connectivity index (χ1n) is 7.63. The number of nitrogens with two attached hydrogens (primary N) is 1. The molecule has 1 saturated carbocycles. The first-order chi connectivity index (χ1) is 9.19. The average Bonchev–Trinajstić information content (AvgIpc) is 2.73. The Balaban J connectivity index is 2.17. The van der Waals surface area contributed by atoms with Crippen LogP contribution in [0.3, 0.4) is 0 Å². The van der Waals surface area contributed by atoms with E-state index in [1.54, 1.807) is 0 Å². The van der Waals surface area contributed by atoms with Crippen LogP contribution in [0.2, 0.25) is 0 Å². The summed E-state index contributed by atoms with van der Waals surface area (Å²) in [6.07, 6.45) is 6.79. The van der Waals surface area contributed by atoms with Gasteiger partial charge in [-0.15, -0.1) is 0 Å². The number of benzene rings is 1. The molecule has 19 heavy (non-hydrogen) atoms. The minimum Gasteiger partial charge on any atom is -0.392 e. The van der Waals surface area contributed by atoms with Crippen molar-refractivity contribution in [2.24, 2.45) is 11.1 Å². The smallest absolute Gasteiger partial charge is 0.0674 e. The third-order valence-electron chi connectivity index (χ3n) is 4.93. The Hall–Kier alpha value is -0.860.